The van der Waals surface area contributed by atoms with E-state index in [1.807, 2.05) is 22.6 Å². The number of carbonyl (C=O) groups excluding carboxylic acids is 3. The fourth-order valence-corrected chi connectivity index (χ4v) is 7.91. The summed E-state index contributed by atoms with van der Waals surface area (Å²) in [5, 5.41) is -0.675. The second-order valence-corrected chi connectivity index (χ2v) is 9.19. The van der Waals surface area contributed by atoms with Crippen molar-refractivity contribution in [3.63, 3.8) is 0 Å². The lowest BCUT2D eigenvalue weighted by Gasteiger charge is -2.18. The maximum Gasteiger partial charge on any atom is 0.287 e. The summed E-state index contributed by atoms with van der Waals surface area (Å²) in [6, 6.07) is 0. The molecular formula is C7H11IO3Si. The van der Waals surface area contributed by atoms with Crippen LogP contribution in [0.3, 0.4) is 0 Å². The zero-order chi connectivity index (χ0) is 9.94. The van der Waals surface area contributed by atoms with Gasteiger partial charge >= 0.3 is 0 Å². The van der Waals surface area contributed by atoms with Crippen LogP contribution in [0.15, 0.2) is 0 Å². The van der Waals surface area contributed by atoms with Gasteiger partial charge < -0.3 is 14.4 Å². The number of alkyl halides is 1. The summed E-state index contributed by atoms with van der Waals surface area (Å²) in [4.78, 5) is 33.6. The molecule has 0 aromatic carbocycles. The van der Waals surface area contributed by atoms with E-state index in [-0.39, 0.29) is 16.2 Å². The Morgan fingerprint density at radius 3 is 1.25 bits per heavy atom. The van der Waals surface area contributed by atoms with E-state index >= 15 is 0 Å². The Kier molecular flexibility index (Phi) is 4.25. The first kappa shape index (κ1) is 12.0. The highest BCUT2D eigenvalue weighted by Gasteiger charge is 2.48. The zero-order valence-electron chi connectivity index (χ0n) is 7.31. The molecule has 0 radical (unpaired) electrons. The molecule has 0 amide bonds. The van der Waals surface area contributed by atoms with Gasteiger partial charge in [0.25, 0.3) is 8.07 Å². The van der Waals surface area contributed by atoms with Crippen LogP contribution >= 0.6 is 22.6 Å². The summed E-state index contributed by atoms with van der Waals surface area (Å²) >= 11 is 1.95. The van der Waals surface area contributed by atoms with Gasteiger partial charge in [0.2, 0.25) is 0 Å². The Labute approximate surface area is 86.1 Å². The van der Waals surface area contributed by atoms with E-state index in [1.165, 1.54) is 20.8 Å². The molecule has 0 fully saturated rings. The van der Waals surface area contributed by atoms with E-state index in [2.05, 4.69) is 0 Å². The van der Waals surface area contributed by atoms with Crippen molar-refractivity contribution in [3.05, 3.63) is 0 Å². The Bertz CT molecular complexity index is 201. The molecule has 3 nitrogen and oxygen atoms in total. The van der Waals surface area contributed by atoms with Gasteiger partial charge in [-0.3, -0.25) is 0 Å². The predicted octanol–water partition coefficient (Wildman–Crippen LogP) is 0.794. The Morgan fingerprint density at radius 2 is 1.25 bits per heavy atom. The molecule has 0 heterocycles. The molecule has 0 rings (SSSR count). The third kappa shape index (κ3) is 1.82. The van der Waals surface area contributed by atoms with E-state index in [0.717, 1.165) is 0 Å². The van der Waals surface area contributed by atoms with Crippen LogP contribution < -0.4 is 0 Å². The zero-order valence-corrected chi connectivity index (χ0v) is 10.5. The molecule has 5 heteroatoms. The van der Waals surface area contributed by atoms with Crippen LogP contribution in [0.1, 0.15) is 20.8 Å². The fourth-order valence-electron chi connectivity index (χ4n) is 1.03. The molecule has 0 saturated carbocycles. The second-order valence-electron chi connectivity index (χ2n) is 2.71. The summed E-state index contributed by atoms with van der Waals surface area (Å²) in [6.07, 6.45) is 0. The van der Waals surface area contributed by atoms with Crippen LogP contribution in [0, 0.1) is 0 Å². The first-order chi connectivity index (χ1) is 5.39. The Balaban J connectivity index is 5.19. The van der Waals surface area contributed by atoms with Crippen LogP contribution in [0.5, 0.6) is 0 Å². The van der Waals surface area contributed by atoms with Gasteiger partial charge in [0.15, 0.2) is 0 Å². The first-order valence-corrected chi connectivity index (χ1v) is 7.22. The minimum atomic E-state index is -2.93. The number of halogens is 1. The molecule has 0 atom stereocenters. The maximum atomic E-state index is 11.2. The number of carbonyl (C=O) groups is 3. The van der Waals surface area contributed by atoms with Gasteiger partial charge in [-0.1, -0.05) is 22.6 Å². The van der Waals surface area contributed by atoms with Crippen molar-refractivity contribution in [1.29, 1.82) is 0 Å². The van der Waals surface area contributed by atoms with E-state index in [0.29, 0.717) is 4.05 Å². The molecule has 68 valence electrons. The summed E-state index contributed by atoms with van der Waals surface area (Å²) < 4.78 is 0.366. The van der Waals surface area contributed by atoms with Crippen molar-refractivity contribution >= 4 is 46.9 Å². The molecule has 0 unspecified atom stereocenters. The van der Waals surface area contributed by atoms with Gasteiger partial charge in [0.1, 0.15) is 16.2 Å². The SMILES string of the molecule is CC(=O)[Si](CI)(C(C)=O)C(C)=O. The third-order valence-corrected chi connectivity index (χ3v) is 9.44. The van der Waals surface area contributed by atoms with Gasteiger partial charge in [-0.15, -0.1) is 0 Å². The maximum absolute atomic E-state index is 11.2. The van der Waals surface area contributed by atoms with Crippen LogP contribution in [0.2, 0.25) is 0 Å². The molecule has 0 aliphatic carbocycles. The molecule has 12 heavy (non-hydrogen) atoms. The molecule has 0 saturated heterocycles. The molecule has 0 aliphatic heterocycles. The van der Waals surface area contributed by atoms with Crippen LogP contribution in [0.25, 0.3) is 0 Å². The minimum absolute atomic E-state index is 0.225. The standard InChI is InChI=1S/C7H11IO3Si/c1-5(9)12(4-8,6(2)10)7(3)11/h4H2,1-3H3. The Morgan fingerprint density at radius 1 is 1.00 bits per heavy atom. The first-order valence-electron chi connectivity index (χ1n) is 3.48. The highest BCUT2D eigenvalue weighted by Crippen LogP contribution is 2.11. The molecule has 0 aliphatic rings. The third-order valence-electron chi connectivity index (χ3n) is 2.00. The number of rotatable bonds is 4. The van der Waals surface area contributed by atoms with Crippen LogP contribution in [0.4, 0.5) is 0 Å². The topological polar surface area (TPSA) is 51.2 Å². The highest BCUT2D eigenvalue weighted by atomic mass is 127. The largest absolute Gasteiger partial charge is 0.305 e. The van der Waals surface area contributed by atoms with E-state index < -0.39 is 8.07 Å². The fraction of sp³-hybridized carbons (Fsp3) is 0.571. The van der Waals surface area contributed by atoms with Crippen LogP contribution in [-0.2, 0) is 14.4 Å². The van der Waals surface area contributed by atoms with E-state index in [1.54, 1.807) is 0 Å². The number of hydrogen-bond donors (Lipinski definition) is 0. The van der Waals surface area contributed by atoms with Gasteiger partial charge in [0, 0.05) is 4.05 Å². The van der Waals surface area contributed by atoms with Crippen molar-refractivity contribution in [2.24, 2.45) is 0 Å². The smallest absolute Gasteiger partial charge is 0.287 e. The summed E-state index contributed by atoms with van der Waals surface area (Å²) in [6.45, 7) is 4.02. The van der Waals surface area contributed by atoms with Crippen LogP contribution in [-0.4, -0.2) is 28.3 Å². The predicted molar refractivity (Wildman–Crippen MR) is 56.7 cm³/mol. The normalized spacial score (nSPS) is 11.0. The van der Waals surface area contributed by atoms with Crippen molar-refractivity contribution in [3.8, 4) is 0 Å². The molecule has 0 spiro atoms. The van der Waals surface area contributed by atoms with E-state index in [4.69, 9.17) is 0 Å². The molecular weight excluding hydrogens is 287 g/mol. The summed E-state index contributed by atoms with van der Waals surface area (Å²) in [5.41, 5.74) is 0. The average molecular weight is 298 g/mol. The van der Waals surface area contributed by atoms with Crippen molar-refractivity contribution in [1.82, 2.24) is 0 Å². The van der Waals surface area contributed by atoms with Gasteiger partial charge in [-0.25, -0.2) is 0 Å². The molecule has 0 bridgehead atoms. The Hall–Kier alpha value is -0.0431. The second kappa shape index (κ2) is 4.27. The lowest BCUT2D eigenvalue weighted by Crippen LogP contribution is -2.58. The number of hydrogen-bond acceptors (Lipinski definition) is 3. The van der Waals surface area contributed by atoms with Gasteiger partial charge in [0.05, 0.1) is 0 Å². The van der Waals surface area contributed by atoms with Gasteiger partial charge in [-0.2, -0.15) is 0 Å². The molecule has 0 aromatic heterocycles. The lowest BCUT2D eigenvalue weighted by atomic mass is 10.9. The summed E-state index contributed by atoms with van der Waals surface area (Å²) in [5.74, 6) is 0. The van der Waals surface area contributed by atoms with Crippen molar-refractivity contribution in [2.45, 2.75) is 20.8 Å². The van der Waals surface area contributed by atoms with Gasteiger partial charge in [-0.05, 0) is 20.8 Å². The minimum Gasteiger partial charge on any atom is -0.305 e. The highest BCUT2D eigenvalue weighted by molar-refractivity contribution is 14.1. The van der Waals surface area contributed by atoms with Crippen molar-refractivity contribution in [2.75, 3.05) is 4.05 Å². The van der Waals surface area contributed by atoms with Crippen molar-refractivity contribution < 1.29 is 14.4 Å². The molecule has 0 N–H and O–H groups in total. The lowest BCUT2D eigenvalue weighted by molar-refractivity contribution is -0.117. The average Bonchev–Trinajstić information content (AvgIpc) is 1.86. The monoisotopic (exact) mass is 298 g/mol. The van der Waals surface area contributed by atoms with E-state index in [9.17, 15) is 14.4 Å². The quantitative estimate of drug-likeness (QED) is 0.438. The summed E-state index contributed by atoms with van der Waals surface area (Å²) in [7, 11) is -2.93. The molecule has 0 aromatic rings.